The predicted molar refractivity (Wildman–Crippen MR) is 73.1 cm³/mol. The minimum atomic E-state index is 0.170. The Morgan fingerprint density at radius 3 is 2.47 bits per heavy atom. The van der Waals surface area contributed by atoms with Crippen molar-refractivity contribution < 1.29 is 4.74 Å². The van der Waals surface area contributed by atoms with E-state index in [-0.39, 0.29) is 5.54 Å². The molecule has 0 spiro atoms. The molecule has 0 aromatic heterocycles. The van der Waals surface area contributed by atoms with E-state index in [1.807, 2.05) is 6.92 Å². The molecule has 0 radical (unpaired) electrons. The van der Waals surface area contributed by atoms with E-state index in [4.69, 9.17) is 10.5 Å². The third-order valence-electron chi connectivity index (χ3n) is 3.55. The van der Waals surface area contributed by atoms with Gasteiger partial charge >= 0.3 is 0 Å². The number of rotatable bonds is 7. The molecule has 1 aliphatic rings. The Bertz CT molecular complexity index is 220. The molecule has 0 atom stereocenters. The number of hydrogen-bond donors (Lipinski definition) is 2. The SMILES string of the molecule is C=C(C)COCCNC1(CN)CCCCCC1. The molecule has 0 aliphatic heterocycles. The van der Waals surface area contributed by atoms with Crippen molar-refractivity contribution in [1.29, 1.82) is 0 Å². The molecule has 0 saturated heterocycles. The standard InChI is InChI=1S/C14H28N2O/c1-13(2)11-17-10-9-16-14(12-15)7-5-3-4-6-8-14/h16H,1,3-12,15H2,2H3. The molecule has 17 heavy (non-hydrogen) atoms. The molecule has 0 aromatic carbocycles. The van der Waals surface area contributed by atoms with E-state index >= 15 is 0 Å². The van der Waals surface area contributed by atoms with Gasteiger partial charge in [0.05, 0.1) is 13.2 Å². The molecule has 0 heterocycles. The second kappa shape index (κ2) is 7.85. The predicted octanol–water partition coefficient (Wildman–Crippen LogP) is 2.22. The highest BCUT2D eigenvalue weighted by molar-refractivity contribution is 4.91. The van der Waals surface area contributed by atoms with E-state index in [2.05, 4.69) is 11.9 Å². The van der Waals surface area contributed by atoms with Crippen molar-refractivity contribution in [2.75, 3.05) is 26.3 Å². The van der Waals surface area contributed by atoms with Gasteiger partial charge in [0, 0.05) is 18.6 Å². The summed E-state index contributed by atoms with van der Waals surface area (Å²) in [4.78, 5) is 0. The Hall–Kier alpha value is -0.380. The van der Waals surface area contributed by atoms with Crippen molar-refractivity contribution in [1.82, 2.24) is 5.32 Å². The lowest BCUT2D eigenvalue weighted by Crippen LogP contribution is -2.51. The van der Waals surface area contributed by atoms with E-state index in [0.29, 0.717) is 6.61 Å². The van der Waals surface area contributed by atoms with Gasteiger partial charge in [-0.05, 0) is 19.8 Å². The van der Waals surface area contributed by atoms with Gasteiger partial charge in [0.1, 0.15) is 0 Å². The molecule has 1 rings (SSSR count). The maximum Gasteiger partial charge on any atom is 0.0672 e. The van der Waals surface area contributed by atoms with Crippen LogP contribution in [0, 0.1) is 0 Å². The Morgan fingerprint density at radius 2 is 1.94 bits per heavy atom. The molecule has 0 unspecified atom stereocenters. The normalized spacial score (nSPS) is 19.9. The van der Waals surface area contributed by atoms with E-state index in [1.54, 1.807) is 0 Å². The van der Waals surface area contributed by atoms with Gasteiger partial charge in [-0.2, -0.15) is 0 Å². The van der Waals surface area contributed by atoms with Crippen LogP contribution in [0.25, 0.3) is 0 Å². The van der Waals surface area contributed by atoms with Crippen LogP contribution in [0.4, 0.5) is 0 Å². The highest BCUT2D eigenvalue weighted by Crippen LogP contribution is 2.25. The van der Waals surface area contributed by atoms with Crippen LogP contribution < -0.4 is 11.1 Å². The van der Waals surface area contributed by atoms with Gasteiger partial charge in [0.25, 0.3) is 0 Å². The molecular formula is C14H28N2O. The Labute approximate surface area is 106 Å². The maximum atomic E-state index is 5.95. The molecule has 3 N–H and O–H groups in total. The first-order valence-corrected chi connectivity index (χ1v) is 6.86. The molecule has 1 saturated carbocycles. The zero-order valence-corrected chi connectivity index (χ0v) is 11.3. The van der Waals surface area contributed by atoms with E-state index in [9.17, 15) is 0 Å². The number of nitrogens with one attached hydrogen (secondary N) is 1. The van der Waals surface area contributed by atoms with Crippen LogP contribution in [0.1, 0.15) is 45.4 Å². The fourth-order valence-corrected chi connectivity index (χ4v) is 2.49. The highest BCUT2D eigenvalue weighted by Gasteiger charge is 2.28. The van der Waals surface area contributed by atoms with E-state index in [0.717, 1.165) is 25.3 Å². The van der Waals surface area contributed by atoms with Crippen LogP contribution >= 0.6 is 0 Å². The topological polar surface area (TPSA) is 47.3 Å². The second-order valence-corrected chi connectivity index (χ2v) is 5.34. The van der Waals surface area contributed by atoms with Crippen molar-refractivity contribution in [3.63, 3.8) is 0 Å². The summed E-state index contributed by atoms with van der Waals surface area (Å²) in [5.41, 5.74) is 7.20. The van der Waals surface area contributed by atoms with Gasteiger partial charge in [-0.25, -0.2) is 0 Å². The molecule has 1 aliphatic carbocycles. The van der Waals surface area contributed by atoms with E-state index in [1.165, 1.54) is 38.5 Å². The Morgan fingerprint density at radius 1 is 1.29 bits per heavy atom. The summed E-state index contributed by atoms with van der Waals surface area (Å²) in [6, 6.07) is 0. The lowest BCUT2D eigenvalue weighted by Gasteiger charge is -2.33. The summed E-state index contributed by atoms with van der Waals surface area (Å²) in [5.74, 6) is 0. The molecule has 0 aromatic rings. The van der Waals surface area contributed by atoms with Crippen molar-refractivity contribution in [3.05, 3.63) is 12.2 Å². The average Bonchev–Trinajstić information content (AvgIpc) is 2.54. The van der Waals surface area contributed by atoms with Gasteiger partial charge in [-0.1, -0.05) is 37.8 Å². The number of ether oxygens (including phenoxy) is 1. The average molecular weight is 240 g/mol. The second-order valence-electron chi connectivity index (χ2n) is 5.34. The molecular weight excluding hydrogens is 212 g/mol. The quantitative estimate of drug-likeness (QED) is 0.407. The van der Waals surface area contributed by atoms with Crippen LogP contribution in [-0.4, -0.2) is 31.8 Å². The summed E-state index contributed by atoms with van der Waals surface area (Å²) in [6.07, 6.45) is 7.74. The zero-order valence-electron chi connectivity index (χ0n) is 11.3. The monoisotopic (exact) mass is 240 g/mol. The van der Waals surface area contributed by atoms with Gasteiger partial charge < -0.3 is 15.8 Å². The third kappa shape index (κ3) is 5.66. The minimum Gasteiger partial charge on any atom is -0.376 e. The first kappa shape index (κ1) is 14.7. The van der Waals surface area contributed by atoms with Crippen LogP contribution in [0.15, 0.2) is 12.2 Å². The van der Waals surface area contributed by atoms with Crippen LogP contribution in [0.2, 0.25) is 0 Å². The zero-order chi connectivity index (χ0) is 12.6. The summed E-state index contributed by atoms with van der Waals surface area (Å²) in [6.45, 7) is 8.85. The third-order valence-corrected chi connectivity index (χ3v) is 3.55. The van der Waals surface area contributed by atoms with Crippen molar-refractivity contribution in [2.45, 2.75) is 51.0 Å². The molecule has 100 valence electrons. The van der Waals surface area contributed by atoms with Crippen LogP contribution in [0.5, 0.6) is 0 Å². The molecule has 1 fully saturated rings. The Kier molecular flexibility index (Phi) is 6.78. The smallest absolute Gasteiger partial charge is 0.0672 e. The highest BCUT2D eigenvalue weighted by atomic mass is 16.5. The summed E-state index contributed by atoms with van der Waals surface area (Å²) < 4.78 is 5.50. The fraction of sp³-hybridized carbons (Fsp3) is 0.857. The molecule has 0 amide bonds. The van der Waals surface area contributed by atoms with Gasteiger partial charge in [0.2, 0.25) is 0 Å². The van der Waals surface area contributed by atoms with Crippen LogP contribution in [0.3, 0.4) is 0 Å². The maximum absolute atomic E-state index is 5.95. The number of nitrogens with two attached hydrogens (primary N) is 1. The first-order chi connectivity index (χ1) is 8.18. The lowest BCUT2D eigenvalue weighted by molar-refractivity contribution is 0.145. The van der Waals surface area contributed by atoms with Crippen molar-refractivity contribution >= 4 is 0 Å². The minimum absolute atomic E-state index is 0.170. The van der Waals surface area contributed by atoms with Crippen LogP contribution in [-0.2, 0) is 4.74 Å². The summed E-state index contributed by atoms with van der Waals surface area (Å²) >= 11 is 0. The molecule has 3 nitrogen and oxygen atoms in total. The largest absolute Gasteiger partial charge is 0.376 e. The summed E-state index contributed by atoms with van der Waals surface area (Å²) in [7, 11) is 0. The van der Waals surface area contributed by atoms with Gasteiger partial charge in [-0.3, -0.25) is 0 Å². The summed E-state index contributed by atoms with van der Waals surface area (Å²) in [5, 5.41) is 3.62. The lowest BCUT2D eigenvalue weighted by atomic mass is 9.90. The fourth-order valence-electron chi connectivity index (χ4n) is 2.49. The van der Waals surface area contributed by atoms with Crippen molar-refractivity contribution in [2.24, 2.45) is 5.73 Å². The first-order valence-electron chi connectivity index (χ1n) is 6.86. The number of hydrogen-bond acceptors (Lipinski definition) is 3. The molecule has 3 heteroatoms. The Balaban J connectivity index is 2.23. The van der Waals surface area contributed by atoms with Gasteiger partial charge in [0.15, 0.2) is 0 Å². The van der Waals surface area contributed by atoms with Gasteiger partial charge in [-0.15, -0.1) is 0 Å². The molecule has 0 bridgehead atoms. The van der Waals surface area contributed by atoms with Crippen molar-refractivity contribution in [3.8, 4) is 0 Å². The van der Waals surface area contributed by atoms with E-state index < -0.39 is 0 Å².